The normalized spacial score (nSPS) is 18.1. The summed E-state index contributed by atoms with van der Waals surface area (Å²) < 4.78 is 7.92. The Balaban J connectivity index is 1.42. The number of ether oxygens (including phenoxy) is 1. The first-order valence-electron chi connectivity index (χ1n) is 12.3. The molecule has 2 aromatic rings. The molecule has 7 nitrogen and oxygen atoms in total. The second-order valence-electron chi connectivity index (χ2n) is 9.83. The van der Waals surface area contributed by atoms with Gasteiger partial charge in [0.15, 0.2) is 0 Å². The van der Waals surface area contributed by atoms with Crippen molar-refractivity contribution in [2.24, 2.45) is 5.41 Å². The highest BCUT2D eigenvalue weighted by molar-refractivity contribution is 6.30. The lowest BCUT2D eigenvalue weighted by atomic mass is 9.75. The third kappa shape index (κ3) is 6.12. The van der Waals surface area contributed by atoms with Crippen LogP contribution in [0.5, 0.6) is 5.75 Å². The van der Waals surface area contributed by atoms with Crippen LogP contribution in [0.1, 0.15) is 49.9 Å². The van der Waals surface area contributed by atoms with E-state index in [9.17, 15) is 9.59 Å². The molecule has 0 aliphatic carbocycles. The van der Waals surface area contributed by atoms with E-state index < -0.39 is 0 Å². The molecule has 2 amide bonds. The Kier molecular flexibility index (Phi) is 7.81. The third-order valence-electron chi connectivity index (χ3n) is 7.14. The van der Waals surface area contributed by atoms with Gasteiger partial charge in [-0.15, -0.1) is 0 Å². The molecule has 0 unspecified atom stereocenters. The van der Waals surface area contributed by atoms with E-state index in [1.54, 1.807) is 10.7 Å². The zero-order valence-corrected chi connectivity index (χ0v) is 21.0. The van der Waals surface area contributed by atoms with Crippen molar-refractivity contribution in [2.45, 2.75) is 58.9 Å². The summed E-state index contributed by atoms with van der Waals surface area (Å²) >= 11 is 6.13. The Labute approximate surface area is 207 Å². The van der Waals surface area contributed by atoms with Crippen molar-refractivity contribution in [2.75, 3.05) is 32.8 Å². The summed E-state index contributed by atoms with van der Waals surface area (Å²) in [6.45, 7) is 7.50. The maximum atomic E-state index is 13.2. The summed E-state index contributed by atoms with van der Waals surface area (Å²) in [5, 5.41) is 5.05. The van der Waals surface area contributed by atoms with Gasteiger partial charge < -0.3 is 14.5 Å². The highest BCUT2D eigenvalue weighted by atomic mass is 35.5. The fourth-order valence-electron chi connectivity index (χ4n) is 5.03. The molecule has 0 spiro atoms. The van der Waals surface area contributed by atoms with Gasteiger partial charge in [-0.3, -0.25) is 14.3 Å². The molecule has 2 saturated heterocycles. The zero-order chi connectivity index (χ0) is 24.1. The third-order valence-corrected chi connectivity index (χ3v) is 7.38. The number of halogens is 1. The number of benzene rings is 1. The van der Waals surface area contributed by atoms with Crippen LogP contribution in [0.15, 0.2) is 30.3 Å². The summed E-state index contributed by atoms with van der Waals surface area (Å²) in [6, 6.07) is 9.35. The first-order chi connectivity index (χ1) is 16.3. The van der Waals surface area contributed by atoms with E-state index >= 15 is 0 Å². The smallest absolute Gasteiger partial charge is 0.244 e. The minimum absolute atomic E-state index is 0.0675. The van der Waals surface area contributed by atoms with Crippen LogP contribution >= 0.6 is 11.6 Å². The average Bonchev–Trinajstić information content (AvgIpc) is 3.15. The molecule has 0 saturated carbocycles. The zero-order valence-electron chi connectivity index (χ0n) is 20.3. The number of aromatic nitrogens is 2. The Morgan fingerprint density at radius 3 is 2.35 bits per heavy atom. The van der Waals surface area contributed by atoms with Crippen molar-refractivity contribution in [1.82, 2.24) is 19.6 Å². The van der Waals surface area contributed by atoms with E-state index in [0.29, 0.717) is 36.9 Å². The average molecular weight is 487 g/mol. The minimum Gasteiger partial charge on any atom is -0.493 e. The van der Waals surface area contributed by atoms with Gasteiger partial charge >= 0.3 is 0 Å². The quantitative estimate of drug-likeness (QED) is 0.587. The lowest BCUT2D eigenvalue weighted by Gasteiger charge is -2.42. The molecular formula is C26H35ClN4O3. The molecule has 4 rings (SSSR count). The maximum absolute atomic E-state index is 13.2. The number of carbonyl (C=O) groups excluding carboxylic acids is 2. The van der Waals surface area contributed by atoms with Crippen molar-refractivity contribution in [3.63, 3.8) is 0 Å². The molecule has 0 bridgehead atoms. The number of likely N-dealkylation sites (tertiary alicyclic amines) is 2. The van der Waals surface area contributed by atoms with Gasteiger partial charge in [0, 0.05) is 48.7 Å². The highest BCUT2D eigenvalue weighted by Gasteiger charge is 2.40. The number of hydrogen-bond acceptors (Lipinski definition) is 4. The van der Waals surface area contributed by atoms with E-state index in [4.69, 9.17) is 16.3 Å². The molecule has 0 radical (unpaired) electrons. The maximum Gasteiger partial charge on any atom is 0.244 e. The predicted octanol–water partition coefficient (Wildman–Crippen LogP) is 4.24. The number of carbonyl (C=O) groups is 2. The second kappa shape index (κ2) is 10.8. The van der Waals surface area contributed by atoms with Crippen LogP contribution in [-0.2, 0) is 16.1 Å². The molecule has 34 heavy (non-hydrogen) atoms. The van der Waals surface area contributed by atoms with Gasteiger partial charge in [0.25, 0.3) is 0 Å². The molecule has 1 aromatic carbocycles. The standard InChI is InChI=1S/C26H35ClN4O3/c1-20-15-21(2)31(28-20)18-25(33)30-13-9-26(10-14-30,17-24(32)29-11-4-3-5-12-29)19-34-23-8-6-7-22(27)16-23/h6-8,15-16H,3-5,9-14,17-19H2,1-2H3. The van der Waals surface area contributed by atoms with Crippen molar-refractivity contribution in [1.29, 1.82) is 0 Å². The monoisotopic (exact) mass is 486 g/mol. The summed E-state index contributed by atoms with van der Waals surface area (Å²) in [5.41, 5.74) is 1.60. The predicted molar refractivity (Wildman–Crippen MR) is 132 cm³/mol. The van der Waals surface area contributed by atoms with Gasteiger partial charge in [-0.05, 0) is 70.2 Å². The first kappa shape index (κ1) is 24.6. The van der Waals surface area contributed by atoms with E-state index in [-0.39, 0.29) is 23.8 Å². The number of nitrogens with zero attached hydrogens (tertiary/aromatic N) is 4. The van der Waals surface area contributed by atoms with Crippen LogP contribution in [0.3, 0.4) is 0 Å². The fourth-order valence-corrected chi connectivity index (χ4v) is 5.22. The van der Waals surface area contributed by atoms with E-state index in [1.807, 2.05) is 47.9 Å². The van der Waals surface area contributed by atoms with Crippen LogP contribution in [0.25, 0.3) is 0 Å². The van der Waals surface area contributed by atoms with E-state index in [2.05, 4.69) is 5.10 Å². The number of hydrogen-bond donors (Lipinski definition) is 0. The minimum atomic E-state index is -0.300. The number of rotatable bonds is 7. The Morgan fingerprint density at radius 1 is 1.00 bits per heavy atom. The highest BCUT2D eigenvalue weighted by Crippen LogP contribution is 2.37. The van der Waals surface area contributed by atoms with Crippen molar-refractivity contribution >= 4 is 23.4 Å². The van der Waals surface area contributed by atoms with Gasteiger partial charge in [-0.1, -0.05) is 17.7 Å². The summed E-state index contributed by atoms with van der Waals surface area (Å²) in [4.78, 5) is 30.1. The second-order valence-corrected chi connectivity index (χ2v) is 10.3. The summed E-state index contributed by atoms with van der Waals surface area (Å²) in [5.74, 6) is 0.982. The molecule has 0 N–H and O–H groups in total. The van der Waals surface area contributed by atoms with Crippen LogP contribution in [0.2, 0.25) is 5.02 Å². The fraction of sp³-hybridized carbons (Fsp3) is 0.577. The van der Waals surface area contributed by atoms with Crippen LogP contribution < -0.4 is 4.74 Å². The molecule has 2 fully saturated rings. The van der Waals surface area contributed by atoms with E-state index in [0.717, 1.165) is 50.2 Å². The van der Waals surface area contributed by atoms with Gasteiger partial charge in [0.2, 0.25) is 11.8 Å². The Morgan fingerprint density at radius 2 is 1.71 bits per heavy atom. The van der Waals surface area contributed by atoms with Crippen molar-refractivity contribution in [3.05, 3.63) is 46.7 Å². The molecule has 3 heterocycles. The van der Waals surface area contributed by atoms with Crippen molar-refractivity contribution in [3.8, 4) is 5.75 Å². The number of piperidine rings is 2. The number of aryl methyl sites for hydroxylation is 2. The SMILES string of the molecule is Cc1cc(C)n(CC(=O)N2CCC(COc3cccc(Cl)c3)(CC(=O)N3CCCCC3)CC2)n1. The Hall–Kier alpha value is -2.54. The van der Waals surface area contributed by atoms with Crippen LogP contribution in [0.4, 0.5) is 0 Å². The van der Waals surface area contributed by atoms with Gasteiger partial charge in [-0.25, -0.2) is 0 Å². The summed E-state index contributed by atoms with van der Waals surface area (Å²) in [7, 11) is 0. The molecular weight excluding hydrogens is 452 g/mol. The molecule has 8 heteroatoms. The first-order valence-corrected chi connectivity index (χ1v) is 12.7. The molecule has 2 aliphatic rings. The Bertz CT molecular complexity index is 1010. The van der Waals surface area contributed by atoms with E-state index in [1.165, 1.54) is 6.42 Å². The lowest BCUT2D eigenvalue weighted by Crippen LogP contribution is -2.49. The topological polar surface area (TPSA) is 67.7 Å². The number of amides is 2. The molecule has 1 aromatic heterocycles. The molecule has 184 valence electrons. The summed E-state index contributed by atoms with van der Waals surface area (Å²) in [6.07, 6.45) is 5.26. The van der Waals surface area contributed by atoms with Gasteiger partial charge in [-0.2, -0.15) is 5.10 Å². The molecule has 0 atom stereocenters. The van der Waals surface area contributed by atoms with Crippen LogP contribution in [0, 0.1) is 19.3 Å². The van der Waals surface area contributed by atoms with Crippen LogP contribution in [-0.4, -0.2) is 64.2 Å². The van der Waals surface area contributed by atoms with Gasteiger partial charge in [0.1, 0.15) is 12.3 Å². The largest absolute Gasteiger partial charge is 0.493 e. The van der Waals surface area contributed by atoms with Crippen molar-refractivity contribution < 1.29 is 14.3 Å². The van der Waals surface area contributed by atoms with Gasteiger partial charge in [0.05, 0.1) is 12.3 Å². The lowest BCUT2D eigenvalue weighted by molar-refractivity contribution is -0.139. The molecule has 2 aliphatic heterocycles.